The smallest absolute Gasteiger partial charge is 0.421 e. The largest absolute Gasteiger partial charge is 0.475 e. The van der Waals surface area contributed by atoms with Gasteiger partial charge in [0.1, 0.15) is 11.3 Å². The first-order chi connectivity index (χ1) is 13.7. The molecule has 1 amide bonds. The third-order valence-corrected chi connectivity index (χ3v) is 5.75. The van der Waals surface area contributed by atoms with Crippen molar-refractivity contribution >= 4 is 12.4 Å². The standard InChI is InChI=1S/C19H20F3N3O4/c1-10-6-13-14(15(19(20,21)22)17(29-13)18(27)28)16-12(10)8-25(23-16)7-11-2-4-24(9-26)5-3-11/h8-11H,2-7H2,1H3,(H,27,28). The lowest BCUT2D eigenvalue weighted by Gasteiger charge is -2.28. The quantitative estimate of drug-likeness (QED) is 0.780. The minimum Gasteiger partial charge on any atom is -0.475 e. The molecule has 1 aliphatic heterocycles. The van der Waals surface area contributed by atoms with Gasteiger partial charge < -0.3 is 14.4 Å². The lowest BCUT2D eigenvalue weighted by molar-refractivity contribution is -0.138. The van der Waals surface area contributed by atoms with E-state index in [0.29, 0.717) is 25.2 Å². The molecule has 0 saturated carbocycles. The van der Waals surface area contributed by atoms with Crippen molar-refractivity contribution in [3.8, 4) is 11.3 Å². The van der Waals surface area contributed by atoms with Gasteiger partial charge in [-0.05, 0) is 24.7 Å². The van der Waals surface area contributed by atoms with Crippen molar-refractivity contribution in [2.75, 3.05) is 13.1 Å². The van der Waals surface area contributed by atoms with Gasteiger partial charge in [0.05, 0.1) is 11.3 Å². The fourth-order valence-corrected chi connectivity index (χ4v) is 4.27. The van der Waals surface area contributed by atoms with Crippen molar-refractivity contribution in [2.24, 2.45) is 5.92 Å². The molecule has 7 nitrogen and oxygen atoms in total. The Morgan fingerprint density at radius 2 is 2.07 bits per heavy atom. The molecule has 0 spiro atoms. The number of piperidine rings is 1. The molecule has 10 heteroatoms. The van der Waals surface area contributed by atoms with Crippen LogP contribution < -0.4 is 0 Å². The summed E-state index contributed by atoms with van der Waals surface area (Å²) in [7, 11) is 0. The number of nitrogens with zero attached hydrogens (tertiary/aromatic N) is 3. The molecule has 4 rings (SSSR count). The van der Waals surface area contributed by atoms with Crippen LogP contribution in [0.25, 0.3) is 11.3 Å². The van der Waals surface area contributed by atoms with E-state index in [2.05, 4.69) is 5.10 Å². The molecule has 1 unspecified atom stereocenters. The molecule has 1 saturated heterocycles. The summed E-state index contributed by atoms with van der Waals surface area (Å²) in [6.45, 7) is 3.69. The summed E-state index contributed by atoms with van der Waals surface area (Å²) in [5.41, 5.74) is -0.714. The molecule has 156 valence electrons. The molecule has 0 aromatic carbocycles. The summed E-state index contributed by atoms with van der Waals surface area (Å²) in [6, 6.07) is 0. The highest BCUT2D eigenvalue weighted by Gasteiger charge is 2.46. The fourth-order valence-electron chi connectivity index (χ4n) is 4.27. The van der Waals surface area contributed by atoms with Crippen molar-refractivity contribution in [1.82, 2.24) is 14.7 Å². The number of hydrogen-bond donors (Lipinski definition) is 1. The maximum atomic E-state index is 13.7. The second kappa shape index (κ2) is 6.93. The van der Waals surface area contributed by atoms with Crippen LogP contribution in [0, 0.1) is 5.92 Å². The molecule has 1 fully saturated rings. The van der Waals surface area contributed by atoms with Crippen LogP contribution in [0.3, 0.4) is 0 Å². The van der Waals surface area contributed by atoms with Gasteiger partial charge in [0.2, 0.25) is 12.2 Å². The molecule has 3 heterocycles. The van der Waals surface area contributed by atoms with E-state index in [0.717, 1.165) is 19.3 Å². The van der Waals surface area contributed by atoms with Gasteiger partial charge in [-0.2, -0.15) is 18.3 Å². The van der Waals surface area contributed by atoms with Crippen molar-refractivity contribution in [1.29, 1.82) is 0 Å². The second-order valence-electron chi connectivity index (χ2n) is 7.75. The maximum absolute atomic E-state index is 13.7. The summed E-state index contributed by atoms with van der Waals surface area (Å²) < 4.78 is 47.8. The molecular weight excluding hydrogens is 391 g/mol. The number of carbonyl (C=O) groups is 2. The number of alkyl halides is 3. The number of aromatic carboxylic acids is 1. The number of carboxylic acids is 1. The second-order valence-corrected chi connectivity index (χ2v) is 7.75. The fraction of sp³-hybridized carbons (Fsp3) is 0.526. The topological polar surface area (TPSA) is 88.6 Å². The number of fused-ring (bicyclic) bond motifs is 3. The number of likely N-dealkylation sites (tertiary alicyclic amines) is 1. The van der Waals surface area contributed by atoms with Gasteiger partial charge in [0, 0.05) is 37.8 Å². The molecule has 1 N–H and O–H groups in total. The van der Waals surface area contributed by atoms with Crippen LogP contribution in [0.5, 0.6) is 0 Å². The van der Waals surface area contributed by atoms with E-state index in [4.69, 9.17) is 4.42 Å². The van der Waals surface area contributed by atoms with Gasteiger partial charge >= 0.3 is 12.1 Å². The van der Waals surface area contributed by atoms with Gasteiger partial charge in [0.25, 0.3) is 0 Å². The molecule has 2 aliphatic rings. The molecular formula is C19H20F3N3O4. The molecule has 1 aliphatic carbocycles. The zero-order valence-electron chi connectivity index (χ0n) is 15.7. The van der Waals surface area contributed by atoms with Gasteiger partial charge in [-0.15, -0.1) is 0 Å². The minimum absolute atomic E-state index is 0.0132. The number of furan rings is 1. The average molecular weight is 411 g/mol. The number of carboxylic acid groups (broad SMARTS) is 1. The lowest BCUT2D eigenvalue weighted by atomic mass is 9.86. The van der Waals surface area contributed by atoms with Crippen molar-refractivity contribution in [3.05, 3.63) is 28.8 Å². The predicted molar refractivity (Wildman–Crippen MR) is 94.4 cm³/mol. The first-order valence-corrected chi connectivity index (χ1v) is 9.42. The Kier molecular flexibility index (Phi) is 4.66. The normalized spacial score (nSPS) is 19.7. The molecule has 0 bridgehead atoms. The Morgan fingerprint density at radius 1 is 1.38 bits per heavy atom. The Labute approximate surface area is 164 Å². The SMILES string of the molecule is CC1Cc2oc(C(=O)O)c(C(F)(F)F)c2-c2nn(CC3CCN(C=O)CC3)cc21. The van der Waals surface area contributed by atoms with Crippen LogP contribution in [0.2, 0.25) is 0 Å². The third-order valence-electron chi connectivity index (χ3n) is 5.75. The monoisotopic (exact) mass is 411 g/mol. The highest BCUT2D eigenvalue weighted by molar-refractivity contribution is 5.91. The van der Waals surface area contributed by atoms with Crippen LogP contribution in [0.1, 0.15) is 53.1 Å². The summed E-state index contributed by atoms with van der Waals surface area (Å²) in [6.07, 6.45) is -0.512. The van der Waals surface area contributed by atoms with E-state index in [1.165, 1.54) is 0 Å². The Bertz CT molecular complexity index is 955. The number of amides is 1. The lowest BCUT2D eigenvalue weighted by Crippen LogP contribution is -2.33. The molecule has 2 aromatic heterocycles. The molecule has 0 radical (unpaired) electrons. The number of halogens is 3. The van der Waals surface area contributed by atoms with E-state index in [-0.39, 0.29) is 35.3 Å². The number of rotatable bonds is 4. The predicted octanol–water partition coefficient (Wildman–Crippen LogP) is 3.39. The van der Waals surface area contributed by atoms with Crippen LogP contribution in [-0.4, -0.2) is 45.3 Å². The first kappa shape index (κ1) is 19.5. The van der Waals surface area contributed by atoms with Crippen molar-refractivity contribution < 1.29 is 32.3 Å². The van der Waals surface area contributed by atoms with Gasteiger partial charge in [0.15, 0.2) is 0 Å². The van der Waals surface area contributed by atoms with E-state index < -0.39 is 23.5 Å². The summed E-state index contributed by atoms with van der Waals surface area (Å²) in [5, 5.41) is 13.6. The molecule has 2 aromatic rings. The van der Waals surface area contributed by atoms with Crippen molar-refractivity contribution in [2.45, 2.75) is 44.8 Å². The number of aromatic nitrogens is 2. The average Bonchev–Trinajstić information content (AvgIpc) is 3.24. The summed E-state index contributed by atoms with van der Waals surface area (Å²) in [5.74, 6) is -2.69. The van der Waals surface area contributed by atoms with Crippen LogP contribution in [0.15, 0.2) is 10.6 Å². The molecule has 1 atom stereocenters. The summed E-state index contributed by atoms with van der Waals surface area (Å²) >= 11 is 0. The van der Waals surface area contributed by atoms with Crippen molar-refractivity contribution in [3.63, 3.8) is 0 Å². The zero-order chi connectivity index (χ0) is 20.9. The van der Waals surface area contributed by atoms with Gasteiger partial charge in [-0.3, -0.25) is 9.48 Å². The zero-order valence-corrected chi connectivity index (χ0v) is 15.7. The highest BCUT2D eigenvalue weighted by Crippen LogP contribution is 2.48. The van der Waals surface area contributed by atoms with E-state index in [9.17, 15) is 27.9 Å². The Balaban J connectivity index is 1.71. The number of carbonyl (C=O) groups excluding carboxylic acids is 1. The van der Waals surface area contributed by atoms with E-state index in [1.807, 2.05) is 6.92 Å². The summed E-state index contributed by atoms with van der Waals surface area (Å²) in [4.78, 5) is 23.9. The maximum Gasteiger partial charge on any atom is 0.421 e. The van der Waals surface area contributed by atoms with Crippen LogP contribution >= 0.6 is 0 Å². The van der Waals surface area contributed by atoms with Crippen LogP contribution in [-0.2, 0) is 23.9 Å². The first-order valence-electron chi connectivity index (χ1n) is 9.42. The Hall–Kier alpha value is -2.78. The van der Waals surface area contributed by atoms with E-state index in [1.54, 1.807) is 15.8 Å². The Morgan fingerprint density at radius 3 is 2.66 bits per heavy atom. The highest BCUT2D eigenvalue weighted by atomic mass is 19.4. The van der Waals surface area contributed by atoms with E-state index >= 15 is 0 Å². The van der Waals surface area contributed by atoms with Gasteiger partial charge in [-0.25, -0.2) is 4.79 Å². The van der Waals surface area contributed by atoms with Crippen LogP contribution in [0.4, 0.5) is 13.2 Å². The third kappa shape index (κ3) is 3.40. The minimum atomic E-state index is -4.87. The molecule has 29 heavy (non-hydrogen) atoms. The van der Waals surface area contributed by atoms with Gasteiger partial charge in [-0.1, -0.05) is 6.92 Å². The number of hydrogen-bond acceptors (Lipinski definition) is 4.